The maximum absolute atomic E-state index is 9.58. The molecular weight excluding hydrogens is 329 g/mol. The summed E-state index contributed by atoms with van der Waals surface area (Å²) in [7, 11) is 1.77. The number of methoxy groups -OCH3 is 1. The molecule has 1 aliphatic carbocycles. The number of hydrogen-bond donors (Lipinski definition) is 1. The topological polar surface area (TPSA) is 29.5 Å². The molecule has 0 aromatic heterocycles. The number of aliphatic hydroxyl groups is 1. The molecule has 0 bridgehead atoms. The van der Waals surface area contributed by atoms with Crippen molar-refractivity contribution in [2.75, 3.05) is 7.11 Å². The van der Waals surface area contributed by atoms with Gasteiger partial charge in [-0.3, -0.25) is 0 Å². The van der Waals surface area contributed by atoms with E-state index in [1.807, 2.05) is 0 Å². The molecule has 1 saturated carbocycles. The summed E-state index contributed by atoms with van der Waals surface area (Å²) in [6, 6.07) is 0. The summed E-state index contributed by atoms with van der Waals surface area (Å²) in [4.78, 5) is 0. The van der Waals surface area contributed by atoms with E-state index in [0.717, 1.165) is 12.8 Å². The monoisotopic (exact) mass is 346 g/mol. The Morgan fingerprint density at radius 2 is 2.27 bits per heavy atom. The third-order valence-corrected chi connectivity index (χ3v) is 7.48. The molecule has 1 aliphatic rings. The van der Waals surface area contributed by atoms with Crippen LogP contribution < -0.4 is 0 Å². The molecule has 0 saturated heterocycles. The van der Waals surface area contributed by atoms with Gasteiger partial charge >= 0.3 is 80.9 Å². The molecule has 11 heavy (non-hydrogen) atoms. The maximum atomic E-state index is 9.58. The van der Waals surface area contributed by atoms with E-state index in [0.29, 0.717) is 12.0 Å². The molecule has 0 radical (unpaired) electrons. The predicted octanol–water partition coefficient (Wildman–Crippen LogP) is 1.32. The summed E-state index contributed by atoms with van der Waals surface area (Å²) in [5, 5.41) is 9.58. The van der Waals surface area contributed by atoms with Crippen LogP contribution >= 0.6 is 0 Å². The minimum absolute atomic E-state index is 0.0556. The second-order valence-corrected chi connectivity index (χ2v) is 9.50. The first-order valence-corrected chi connectivity index (χ1v) is 13.9. The zero-order valence-corrected chi connectivity index (χ0v) is 12.9. The predicted molar refractivity (Wildman–Crippen MR) is 40.2 cm³/mol. The first-order chi connectivity index (χ1) is 5.29. The Bertz CT molecular complexity index is 119. The van der Waals surface area contributed by atoms with Crippen molar-refractivity contribution in [3.8, 4) is 0 Å². The van der Waals surface area contributed by atoms with Crippen LogP contribution in [0.5, 0.6) is 0 Å². The Kier molecular flexibility index (Phi) is 4.32. The molecule has 0 amide bonds. The molecule has 1 fully saturated rings. The second kappa shape index (κ2) is 4.78. The van der Waals surface area contributed by atoms with Crippen molar-refractivity contribution >= 4 is 0 Å². The second-order valence-electron chi connectivity index (χ2n) is 3.37. The molecule has 3 atom stereocenters. The van der Waals surface area contributed by atoms with Crippen LogP contribution in [0.15, 0.2) is 0 Å². The van der Waals surface area contributed by atoms with Gasteiger partial charge < -0.3 is 0 Å². The fourth-order valence-corrected chi connectivity index (χ4v) is 7.55. The van der Waals surface area contributed by atoms with Gasteiger partial charge in [-0.05, 0) is 0 Å². The molecule has 2 nitrogen and oxygen atoms in total. The van der Waals surface area contributed by atoms with E-state index in [9.17, 15) is 5.11 Å². The Morgan fingerprint density at radius 1 is 1.55 bits per heavy atom. The van der Waals surface area contributed by atoms with Crippen LogP contribution in [0.2, 0.25) is 8.36 Å². The SMILES string of the molecule is CO[C@@H]1CC[C@@H](O)[C@H]1[CH2][Hg][CH3]. The van der Waals surface area contributed by atoms with Crippen LogP contribution in [-0.2, 0) is 29.3 Å². The molecule has 0 aromatic carbocycles. The molecule has 1 N–H and O–H groups in total. The third kappa shape index (κ3) is 2.39. The fourth-order valence-electron chi connectivity index (χ4n) is 2.02. The van der Waals surface area contributed by atoms with Gasteiger partial charge in [0.25, 0.3) is 0 Å². The Labute approximate surface area is 80.8 Å². The average Bonchev–Trinajstić information content (AvgIpc) is 2.34. The van der Waals surface area contributed by atoms with Crippen molar-refractivity contribution in [3.05, 3.63) is 0 Å². The molecule has 0 aliphatic heterocycles. The fraction of sp³-hybridized carbons (Fsp3) is 1.00. The van der Waals surface area contributed by atoms with Crippen LogP contribution in [0.25, 0.3) is 0 Å². The first kappa shape index (κ1) is 9.94. The van der Waals surface area contributed by atoms with Gasteiger partial charge in [-0.2, -0.15) is 0 Å². The Hall–Kier alpha value is 0.855. The zero-order valence-electron chi connectivity index (χ0n) is 7.42. The van der Waals surface area contributed by atoms with E-state index < -0.39 is 24.6 Å². The van der Waals surface area contributed by atoms with Gasteiger partial charge in [-0.25, -0.2) is 0 Å². The van der Waals surface area contributed by atoms with Crippen LogP contribution in [0.3, 0.4) is 0 Å². The molecule has 1 rings (SSSR count). The Balaban J connectivity index is 2.42. The molecule has 62 valence electrons. The van der Waals surface area contributed by atoms with E-state index in [1.54, 1.807) is 7.11 Å². The van der Waals surface area contributed by atoms with Crippen molar-refractivity contribution in [1.29, 1.82) is 0 Å². The number of ether oxygens (including phenoxy) is 1. The summed E-state index contributed by atoms with van der Waals surface area (Å²) in [5.74, 6) is 0.492. The Morgan fingerprint density at radius 3 is 2.82 bits per heavy atom. The molecule has 3 heteroatoms. The van der Waals surface area contributed by atoms with Gasteiger partial charge in [0.05, 0.1) is 0 Å². The van der Waals surface area contributed by atoms with E-state index in [-0.39, 0.29) is 6.10 Å². The molecular formula is C8H16HgO2. The van der Waals surface area contributed by atoms with E-state index in [2.05, 4.69) is 4.43 Å². The minimum atomic E-state index is -0.570. The summed E-state index contributed by atoms with van der Waals surface area (Å²) in [5.41, 5.74) is 0. The van der Waals surface area contributed by atoms with Gasteiger partial charge in [0.1, 0.15) is 0 Å². The van der Waals surface area contributed by atoms with Crippen molar-refractivity contribution in [2.24, 2.45) is 5.92 Å². The summed E-state index contributed by atoms with van der Waals surface area (Å²) in [6.07, 6.45) is 2.33. The quantitative estimate of drug-likeness (QED) is 0.783. The van der Waals surface area contributed by atoms with E-state index in [4.69, 9.17) is 4.74 Å². The number of rotatable bonds is 3. The summed E-state index contributed by atoms with van der Waals surface area (Å²) >= 11 is -0.570. The normalized spacial score (nSPS) is 37.2. The van der Waals surface area contributed by atoms with Crippen molar-refractivity contribution in [1.82, 2.24) is 0 Å². The van der Waals surface area contributed by atoms with Gasteiger partial charge in [0.2, 0.25) is 0 Å². The summed E-state index contributed by atoms with van der Waals surface area (Å²) in [6.45, 7) is 0. The summed E-state index contributed by atoms with van der Waals surface area (Å²) < 4.78 is 9.01. The molecule has 0 heterocycles. The first-order valence-electron chi connectivity index (χ1n) is 4.50. The van der Waals surface area contributed by atoms with Crippen LogP contribution in [0.4, 0.5) is 0 Å². The molecule has 0 aromatic rings. The van der Waals surface area contributed by atoms with Gasteiger partial charge in [-0.15, -0.1) is 0 Å². The van der Waals surface area contributed by atoms with Crippen LogP contribution in [0.1, 0.15) is 12.8 Å². The van der Waals surface area contributed by atoms with Gasteiger partial charge in [0, 0.05) is 0 Å². The van der Waals surface area contributed by atoms with Crippen LogP contribution in [0, 0.1) is 5.92 Å². The van der Waals surface area contributed by atoms with Gasteiger partial charge in [-0.1, -0.05) is 0 Å². The standard InChI is InChI=1S/C7H13O2.CH3.Hg/c1-5-6(8)3-4-7(5)9-2;;/h5-8H,1,3-4H2,2H3;1H3;/t5-,6-,7-;;/m1../s1. The van der Waals surface area contributed by atoms with Crippen LogP contribution in [-0.4, -0.2) is 24.4 Å². The van der Waals surface area contributed by atoms with Gasteiger partial charge in [0.15, 0.2) is 0 Å². The van der Waals surface area contributed by atoms with E-state index >= 15 is 0 Å². The average molecular weight is 345 g/mol. The zero-order chi connectivity index (χ0) is 8.27. The van der Waals surface area contributed by atoms with Crippen molar-refractivity contribution in [2.45, 2.75) is 33.4 Å². The molecule has 0 unspecified atom stereocenters. The number of aliphatic hydroxyl groups excluding tert-OH is 1. The number of hydrogen-bond acceptors (Lipinski definition) is 2. The van der Waals surface area contributed by atoms with Crippen molar-refractivity contribution < 1.29 is 34.4 Å². The van der Waals surface area contributed by atoms with E-state index in [1.165, 1.54) is 3.93 Å². The van der Waals surface area contributed by atoms with Crippen molar-refractivity contribution in [3.63, 3.8) is 0 Å². The molecule has 0 spiro atoms. The third-order valence-electron chi connectivity index (χ3n) is 2.64.